The zero-order chi connectivity index (χ0) is 20.5. The first-order valence-electron chi connectivity index (χ1n) is 9.04. The molecule has 2 heterocycles. The number of nitrogen functional groups attached to an aromatic ring is 1. The summed E-state index contributed by atoms with van der Waals surface area (Å²) >= 11 is 0. The van der Waals surface area contributed by atoms with Crippen molar-refractivity contribution < 1.29 is 9.72 Å². The lowest BCUT2D eigenvalue weighted by atomic mass is 10.1. The third-order valence-corrected chi connectivity index (χ3v) is 4.79. The van der Waals surface area contributed by atoms with Gasteiger partial charge in [0.25, 0.3) is 0 Å². The fourth-order valence-corrected chi connectivity index (χ4v) is 3.57. The van der Waals surface area contributed by atoms with E-state index in [-0.39, 0.29) is 29.1 Å². The van der Waals surface area contributed by atoms with Crippen molar-refractivity contribution >= 4 is 28.8 Å². The third kappa shape index (κ3) is 3.59. The van der Waals surface area contributed by atoms with Crippen LogP contribution in [0.2, 0.25) is 0 Å². The Balaban J connectivity index is 1.69. The van der Waals surface area contributed by atoms with Crippen molar-refractivity contribution in [3.63, 3.8) is 0 Å². The first kappa shape index (κ1) is 18.4. The number of anilines is 3. The third-order valence-electron chi connectivity index (χ3n) is 4.79. The molecule has 0 saturated carbocycles. The van der Waals surface area contributed by atoms with E-state index in [9.17, 15) is 14.9 Å². The first-order chi connectivity index (χ1) is 13.9. The summed E-state index contributed by atoms with van der Waals surface area (Å²) in [6.45, 7) is 1.50. The summed E-state index contributed by atoms with van der Waals surface area (Å²) in [6.07, 6.45) is 4.88. The summed E-state index contributed by atoms with van der Waals surface area (Å²) in [5.41, 5.74) is 8.41. The number of nitrogens with one attached hydrogen (secondary N) is 2. The molecule has 4 rings (SSSR count). The normalized spacial score (nSPS) is 15.0. The SMILES string of the molecule is CC(=O)N[C@H]1CCc2cc(Nc3nc(-n4cccn4)cc(N)c3[N+](=O)[O-])ccc21. The molecule has 3 aromatic rings. The second kappa shape index (κ2) is 7.23. The van der Waals surface area contributed by atoms with Crippen LogP contribution in [-0.4, -0.2) is 25.6 Å². The molecular formula is C19H19N7O3. The molecule has 0 unspecified atom stereocenters. The van der Waals surface area contributed by atoms with Crippen molar-refractivity contribution in [1.29, 1.82) is 0 Å². The minimum absolute atomic E-state index is 0.00937. The largest absolute Gasteiger partial charge is 0.393 e. The van der Waals surface area contributed by atoms with Crippen LogP contribution in [0.1, 0.15) is 30.5 Å². The number of fused-ring (bicyclic) bond motifs is 1. The summed E-state index contributed by atoms with van der Waals surface area (Å²) in [5, 5.41) is 21.6. The molecule has 0 fully saturated rings. The molecule has 2 aromatic heterocycles. The fraction of sp³-hybridized carbons (Fsp3) is 0.211. The smallest absolute Gasteiger partial charge is 0.334 e. The summed E-state index contributed by atoms with van der Waals surface area (Å²) in [4.78, 5) is 26.7. The van der Waals surface area contributed by atoms with E-state index in [0.29, 0.717) is 11.5 Å². The number of rotatable bonds is 5. The van der Waals surface area contributed by atoms with E-state index in [0.717, 1.165) is 24.0 Å². The molecule has 1 atom stereocenters. The van der Waals surface area contributed by atoms with Crippen molar-refractivity contribution in [2.75, 3.05) is 11.1 Å². The summed E-state index contributed by atoms with van der Waals surface area (Å²) < 4.78 is 1.48. The topological polar surface area (TPSA) is 141 Å². The Morgan fingerprint density at radius 1 is 1.38 bits per heavy atom. The molecule has 0 spiro atoms. The lowest BCUT2D eigenvalue weighted by molar-refractivity contribution is -0.383. The molecule has 1 aromatic carbocycles. The highest BCUT2D eigenvalue weighted by Gasteiger charge is 2.25. The monoisotopic (exact) mass is 393 g/mol. The molecule has 1 aliphatic carbocycles. The van der Waals surface area contributed by atoms with Crippen LogP contribution in [0.15, 0.2) is 42.7 Å². The van der Waals surface area contributed by atoms with Crippen LogP contribution in [0, 0.1) is 10.1 Å². The van der Waals surface area contributed by atoms with E-state index in [2.05, 4.69) is 20.7 Å². The first-order valence-corrected chi connectivity index (χ1v) is 9.04. The van der Waals surface area contributed by atoms with Crippen LogP contribution in [0.4, 0.5) is 22.9 Å². The predicted molar refractivity (Wildman–Crippen MR) is 107 cm³/mol. The predicted octanol–water partition coefficient (Wildman–Crippen LogP) is 2.62. The Hall–Kier alpha value is -3.95. The van der Waals surface area contributed by atoms with E-state index >= 15 is 0 Å². The molecule has 29 heavy (non-hydrogen) atoms. The van der Waals surface area contributed by atoms with Gasteiger partial charge in [-0.15, -0.1) is 0 Å². The number of carbonyl (C=O) groups excluding carboxylic acids is 1. The molecule has 10 heteroatoms. The van der Waals surface area contributed by atoms with Crippen LogP contribution in [0.5, 0.6) is 0 Å². The number of hydrogen-bond acceptors (Lipinski definition) is 7. The van der Waals surface area contributed by atoms with Crippen LogP contribution in [0.25, 0.3) is 5.82 Å². The number of aromatic nitrogens is 3. The lowest BCUT2D eigenvalue weighted by Crippen LogP contribution is -2.24. The van der Waals surface area contributed by atoms with Crippen LogP contribution >= 0.6 is 0 Å². The van der Waals surface area contributed by atoms with Crippen molar-refractivity contribution in [2.45, 2.75) is 25.8 Å². The quantitative estimate of drug-likeness (QED) is 0.447. The maximum absolute atomic E-state index is 11.5. The Kier molecular flexibility index (Phi) is 4.59. The van der Waals surface area contributed by atoms with Gasteiger partial charge in [-0.2, -0.15) is 5.10 Å². The molecule has 1 amide bonds. The molecule has 0 radical (unpaired) electrons. The van der Waals surface area contributed by atoms with Gasteiger partial charge in [0, 0.05) is 31.1 Å². The zero-order valence-corrected chi connectivity index (χ0v) is 15.6. The van der Waals surface area contributed by atoms with Gasteiger partial charge in [-0.05, 0) is 42.2 Å². The number of nitrogens with zero attached hydrogens (tertiary/aromatic N) is 4. The van der Waals surface area contributed by atoms with Gasteiger partial charge in [-0.25, -0.2) is 9.67 Å². The maximum atomic E-state index is 11.5. The lowest BCUT2D eigenvalue weighted by Gasteiger charge is -2.14. The molecule has 0 aliphatic heterocycles. The van der Waals surface area contributed by atoms with E-state index in [4.69, 9.17) is 5.73 Å². The average molecular weight is 393 g/mol. The highest BCUT2D eigenvalue weighted by molar-refractivity contribution is 5.77. The minimum Gasteiger partial charge on any atom is -0.393 e. The number of nitro groups is 1. The van der Waals surface area contributed by atoms with E-state index < -0.39 is 4.92 Å². The number of nitrogens with two attached hydrogens (primary N) is 1. The van der Waals surface area contributed by atoms with Crippen LogP contribution in [0.3, 0.4) is 0 Å². The zero-order valence-electron chi connectivity index (χ0n) is 15.6. The molecule has 148 valence electrons. The average Bonchev–Trinajstić information content (AvgIpc) is 3.31. The number of hydrogen-bond donors (Lipinski definition) is 3. The standard InChI is InChI=1S/C19H19N7O3/c1-11(27)22-16-6-3-12-9-13(4-5-14(12)16)23-19-18(26(28)29)15(20)10-17(24-19)25-8-2-7-21-25/h2,4-5,7-10,16H,3,6H2,1H3,(H,22,27)(H3,20,23,24)/t16-/m0/s1. The molecule has 4 N–H and O–H groups in total. The van der Waals surface area contributed by atoms with Gasteiger partial charge in [-0.1, -0.05) is 6.07 Å². The second-order valence-electron chi connectivity index (χ2n) is 6.81. The summed E-state index contributed by atoms with van der Waals surface area (Å²) in [7, 11) is 0. The van der Waals surface area contributed by atoms with Gasteiger partial charge in [0.05, 0.1) is 11.0 Å². The molecule has 10 nitrogen and oxygen atoms in total. The fourth-order valence-electron chi connectivity index (χ4n) is 3.57. The Bertz CT molecular complexity index is 1100. The van der Waals surface area contributed by atoms with Crippen molar-refractivity contribution in [3.8, 4) is 5.82 Å². The van der Waals surface area contributed by atoms with Crippen molar-refractivity contribution in [3.05, 3.63) is 64.0 Å². The van der Waals surface area contributed by atoms with Crippen LogP contribution < -0.4 is 16.4 Å². The number of benzene rings is 1. The maximum Gasteiger partial charge on any atom is 0.334 e. The van der Waals surface area contributed by atoms with Gasteiger partial charge in [-0.3, -0.25) is 14.9 Å². The number of pyridine rings is 1. The highest BCUT2D eigenvalue weighted by Crippen LogP contribution is 2.36. The Labute approximate surface area is 165 Å². The number of aryl methyl sites for hydroxylation is 1. The summed E-state index contributed by atoms with van der Waals surface area (Å²) in [5.74, 6) is 0.333. The number of carbonyl (C=O) groups is 1. The van der Waals surface area contributed by atoms with Crippen molar-refractivity contribution in [2.24, 2.45) is 0 Å². The Morgan fingerprint density at radius 3 is 2.90 bits per heavy atom. The minimum atomic E-state index is -0.558. The molecule has 1 aliphatic rings. The van der Waals surface area contributed by atoms with Gasteiger partial charge < -0.3 is 16.4 Å². The van der Waals surface area contributed by atoms with Crippen LogP contribution in [-0.2, 0) is 11.2 Å². The van der Waals surface area contributed by atoms with Gasteiger partial charge in [0.1, 0.15) is 5.69 Å². The number of amides is 1. The summed E-state index contributed by atoms with van der Waals surface area (Å²) in [6, 6.07) is 8.76. The Morgan fingerprint density at radius 2 is 2.21 bits per heavy atom. The molecule has 0 bridgehead atoms. The van der Waals surface area contributed by atoms with E-state index in [1.54, 1.807) is 24.5 Å². The van der Waals surface area contributed by atoms with Gasteiger partial charge >= 0.3 is 5.69 Å². The molecular weight excluding hydrogens is 374 g/mol. The van der Waals surface area contributed by atoms with E-state index in [1.165, 1.54) is 17.7 Å². The van der Waals surface area contributed by atoms with Gasteiger partial charge in [0.2, 0.25) is 11.7 Å². The van der Waals surface area contributed by atoms with Gasteiger partial charge in [0.15, 0.2) is 5.82 Å². The van der Waals surface area contributed by atoms with E-state index in [1.807, 2.05) is 12.1 Å². The second-order valence-corrected chi connectivity index (χ2v) is 6.81. The van der Waals surface area contributed by atoms with Crippen molar-refractivity contribution in [1.82, 2.24) is 20.1 Å². The molecule has 0 saturated heterocycles. The highest BCUT2D eigenvalue weighted by atomic mass is 16.6.